The highest BCUT2D eigenvalue weighted by molar-refractivity contribution is 6.30. The molecule has 2 heterocycles. The number of H-pyrrole nitrogens is 1. The minimum absolute atomic E-state index is 0.0441. The zero-order valence-electron chi connectivity index (χ0n) is 14.3. The highest BCUT2D eigenvalue weighted by Crippen LogP contribution is 2.30. The SMILES string of the molecule is CC(C)c1[nH]c(=O)c(-c2cc(Cl)ccc2F)cc1Nc1ccnc(N)c1. The summed E-state index contributed by atoms with van der Waals surface area (Å²) in [5, 5.41) is 3.57. The van der Waals surface area contributed by atoms with E-state index in [9.17, 15) is 9.18 Å². The molecule has 0 spiro atoms. The molecule has 0 saturated heterocycles. The monoisotopic (exact) mass is 372 g/mol. The zero-order valence-corrected chi connectivity index (χ0v) is 15.1. The summed E-state index contributed by atoms with van der Waals surface area (Å²) in [4.78, 5) is 19.3. The van der Waals surface area contributed by atoms with Gasteiger partial charge in [0.05, 0.1) is 11.3 Å². The van der Waals surface area contributed by atoms with Crippen molar-refractivity contribution in [3.05, 3.63) is 69.5 Å². The molecule has 0 amide bonds. The summed E-state index contributed by atoms with van der Waals surface area (Å²) in [5.41, 5.74) is 7.75. The number of nitrogens with two attached hydrogens (primary N) is 1. The number of aromatic nitrogens is 2. The van der Waals surface area contributed by atoms with Gasteiger partial charge in [-0.2, -0.15) is 0 Å². The molecule has 3 aromatic rings. The van der Waals surface area contributed by atoms with Crippen molar-refractivity contribution in [2.45, 2.75) is 19.8 Å². The Kier molecular flexibility index (Phi) is 4.95. The fraction of sp³-hybridized carbons (Fsp3) is 0.158. The second-order valence-electron chi connectivity index (χ2n) is 6.21. The minimum Gasteiger partial charge on any atom is -0.384 e. The molecule has 4 N–H and O–H groups in total. The molecule has 0 atom stereocenters. The van der Waals surface area contributed by atoms with Gasteiger partial charge in [-0.3, -0.25) is 4.79 Å². The van der Waals surface area contributed by atoms with Crippen LogP contribution in [0.25, 0.3) is 11.1 Å². The van der Waals surface area contributed by atoms with Crippen LogP contribution in [0.1, 0.15) is 25.5 Å². The number of nitrogens with zero attached hydrogens (tertiary/aromatic N) is 1. The Morgan fingerprint density at radius 2 is 1.96 bits per heavy atom. The number of pyridine rings is 2. The van der Waals surface area contributed by atoms with Gasteiger partial charge < -0.3 is 16.0 Å². The van der Waals surface area contributed by atoms with Gasteiger partial charge in [-0.1, -0.05) is 25.4 Å². The smallest absolute Gasteiger partial charge is 0.256 e. The van der Waals surface area contributed by atoms with E-state index < -0.39 is 5.82 Å². The van der Waals surface area contributed by atoms with Gasteiger partial charge >= 0.3 is 0 Å². The average Bonchev–Trinajstić information content (AvgIpc) is 2.58. The lowest BCUT2D eigenvalue weighted by molar-refractivity contribution is 0.631. The molecule has 0 bridgehead atoms. The van der Waals surface area contributed by atoms with Crippen LogP contribution >= 0.6 is 11.6 Å². The third kappa shape index (κ3) is 3.70. The maximum atomic E-state index is 14.2. The highest BCUT2D eigenvalue weighted by Gasteiger charge is 2.16. The Bertz CT molecular complexity index is 1020. The summed E-state index contributed by atoms with van der Waals surface area (Å²) >= 11 is 5.97. The molecule has 0 aliphatic carbocycles. The molecule has 134 valence electrons. The summed E-state index contributed by atoms with van der Waals surface area (Å²) in [5.74, 6) is -0.106. The zero-order chi connectivity index (χ0) is 18.8. The standard InChI is InChI=1S/C19H18ClFN4O/c1-10(2)18-16(24-12-5-6-23-17(22)8-12)9-14(19(26)25-18)13-7-11(20)3-4-15(13)21/h3-10H,1-2H3,(H,25,26)(H3,22,23,24). The Balaban J connectivity index is 2.16. The molecular weight excluding hydrogens is 355 g/mol. The number of hydrogen-bond acceptors (Lipinski definition) is 4. The number of hydrogen-bond donors (Lipinski definition) is 3. The van der Waals surface area contributed by atoms with E-state index in [-0.39, 0.29) is 22.6 Å². The van der Waals surface area contributed by atoms with Crippen molar-refractivity contribution in [3.63, 3.8) is 0 Å². The van der Waals surface area contributed by atoms with Crippen molar-refractivity contribution in [2.75, 3.05) is 11.1 Å². The van der Waals surface area contributed by atoms with Crippen LogP contribution in [-0.2, 0) is 0 Å². The first-order valence-electron chi connectivity index (χ1n) is 8.06. The van der Waals surface area contributed by atoms with E-state index in [1.165, 1.54) is 18.2 Å². The Morgan fingerprint density at radius 3 is 2.65 bits per heavy atom. The van der Waals surface area contributed by atoms with E-state index in [2.05, 4.69) is 15.3 Å². The summed E-state index contributed by atoms with van der Waals surface area (Å²) in [7, 11) is 0. The van der Waals surface area contributed by atoms with Gasteiger partial charge in [0.1, 0.15) is 11.6 Å². The maximum Gasteiger partial charge on any atom is 0.256 e. The molecule has 7 heteroatoms. The van der Waals surface area contributed by atoms with Crippen LogP contribution in [0.15, 0.2) is 47.4 Å². The lowest BCUT2D eigenvalue weighted by Crippen LogP contribution is -2.15. The van der Waals surface area contributed by atoms with Crippen molar-refractivity contribution >= 4 is 28.8 Å². The minimum atomic E-state index is -0.517. The molecular formula is C19H18ClFN4O. The quantitative estimate of drug-likeness (QED) is 0.621. The van der Waals surface area contributed by atoms with Crippen molar-refractivity contribution in [1.29, 1.82) is 0 Å². The van der Waals surface area contributed by atoms with E-state index in [4.69, 9.17) is 17.3 Å². The van der Waals surface area contributed by atoms with E-state index in [1.54, 1.807) is 24.4 Å². The Labute approximate surface area is 155 Å². The van der Waals surface area contributed by atoms with Gasteiger partial charge in [0.2, 0.25) is 0 Å². The third-order valence-electron chi connectivity index (χ3n) is 3.93. The topological polar surface area (TPSA) is 83.8 Å². The maximum absolute atomic E-state index is 14.2. The van der Waals surface area contributed by atoms with Crippen LogP contribution < -0.4 is 16.6 Å². The van der Waals surface area contributed by atoms with E-state index in [1.807, 2.05) is 13.8 Å². The number of halogens is 2. The summed E-state index contributed by atoms with van der Waals surface area (Å²) in [6.07, 6.45) is 1.58. The van der Waals surface area contributed by atoms with E-state index >= 15 is 0 Å². The number of anilines is 3. The van der Waals surface area contributed by atoms with E-state index in [0.717, 1.165) is 0 Å². The number of benzene rings is 1. The lowest BCUT2D eigenvalue weighted by Gasteiger charge is -2.16. The normalized spacial score (nSPS) is 11.0. The van der Waals surface area contributed by atoms with Gasteiger partial charge in [0, 0.05) is 34.2 Å². The molecule has 0 saturated carbocycles. The molecule has 0 unspecified atom stereocenters. The third-order valence-corrected chi connectivity index (χ3v) is 4.16. The van der Waals surface area contributed by atoms with Gasteiger partial charge in [0.15, 0.2) is 0 Å². The van der Waals surface area contributed by atoms with Crippen LogP contribution in [0.5, 0.6) is 0 Å². The largest absolute Gasteiger partial charge is 0.384 e. The van der Waals surface area contributed by atoms with Crippen molar-refractivity contribution in [1.82, 2.24) is 9.97 Å². The Hall–Kier alpha value is -2.86. The van der Waals surface area contributed by atoms with Crippen LogP contribution in [0.2, 0.25) is 5.02 Å². The molecule has 5 nitrogen and oxygen atoms in total. The molecule has 1 aromatic carbocycles. The fourth-order valence-corrected chi connectivity index (χ4v) is 2.86. The summed E-state index contributed by atoms with van der Waals surface area (Å²) in [6, 6.07) is 9.17. The molecule has 0 aliphatic heterocycles. The molecule has 0 fully saturated rings. The summed E-state index contributed by atoms with van der Waals surface area (Å²) < 4.78 is 14.2. The van der Waals surface area contributed by atoms with Crippen LogP contribution in [0.3, 0.4) is 0 Å². The lowest BCUT2D eigenvalue weighted by atomic mass is 10.0. The first-order valence-corrected chi connectivity index (χ1v) is 8.44. The van der Waals surface area contributed by atoms with Gasteiger partial charge in [-0.15, -0.1) is 0 Å². The number of nitrogens with one attached hydrogen (secondary N) is 2. The Morgan fingerprint density at radius 1 is 1.19 bits per heavy atom. The highest BCUT2D eigenvalue weighted by atomic mass is 35.5. The van der Waals surface area contributed by atoms with Gasteiger partial charge in [0.25, 0.3) is 5.56 Å². The molecule has 3 rings (SSSR count). The molecule has 0 radical (unpaired) electrons. The first-order chi connectivity index (χ1) is 12.3. The average molecular weight is 373 g/mol. The summed E-state index contributed by atoms with van der Waals surface area (Å²) in [6.45, 7) is 3.91. The van der Waals surface area contributed by atoms with Crippen molar-refractivity contribution < 1.29 is 4.39 Å². The molecule has 2 aromatic heterocycles. The van der Waals surface area contributed by atoms with Crippen LogP contribution in [0.4, 0.5) is 21.6 Å². The second-order valence-corrected chi connectivity index (χ2v) is 6.65. The number of rotatable bonds is 4. The van der Waals surface area contributed by atoms with Crippen molar-refractivity contribution in [3.8, 4) is 11.1 Å². The van der Waals surface area contributed by atoms with Gasteiger partial charge in [-0.25, -0.2) is 9.37 Å². The first kappa shape index (κ1) is 17.9. The second kappa shape index (κ2) is 7.17. The number of aromatic amines is 1. The fourth-order valence-electron chi connectivity index (χ4n) is 2.69. The van der Waals surface area contributed by atoms with Crippen LogP contribution in [0, 0.1) is 5.82 Å². The van der Waals surface area contributed by atoms with E-state index in [0.29, 0.717) is 27.9 Å². The predicted octanol–water partition coefficient (Wildman–Crippen LogP) is 4.68. The van der Waals surface area contributed by atoms with Crippen LogP contribution in [-0.4, -0.2) is 9.97 Å². The molecule has 0 aliphatic rings. The molecule has 26 heavy (non-hydrogen) atoms. The predicted molar refractivity (Wildman–Crippen MR) is 103 cm³/mol. The number of nitrogen functional groups attached to an aromatic ring is 1. The van der Waals surface area contributed by atoms with Gasteiger partial charge in [-0.05, 0) is 36.2 Å². The van der Waals surface area contributed by atoms with Crippen molar-refractivity contribution in [2.24, 2.45) is 0 Å².